The number of rotatable bonds is 10. The minimum atomic E-state index is 0.0694. The number of unbranched alkanes of at least 4 members (excludes halogenated alkanes) is 3. The molecule has 0 aliphatic rings. The second-order valence-electron chi connectivity index (χ2n) is 4.87. The van der Waals surface area contributed by atoms with E-state index in [0.29, 0.717) is 13.0 Å². The third kappa shape index (κ3) is 7.14. The van der Waals surface area contributed by atoms with Gasteiger partial charge in [-0.25, -0.2) is 0 Å². The molecule has 0 radical (unpaired) electrons. The first-order valence-corrected chi connectivity index (χ1v) is 7.49. The molecule has 0 fully saturated rings. The quantitative estimate of drug-likeness (QED) is 0.645. The molecule has 0 saturated carbocycles. The van der Waals surface area contributed by atoms with Crippen molar-refractivity contribution in [3.05, 3.63) is 24.3 Å². The lowest BCUT2D eigenvalue weighted by molar-refractivity contribution is -0.116. The third-order valence-electron chi connectivity index (χ3n) is 2.97. The molecule has 4 nitrogen and oxygen atoms in total. The van der Waals surface area contributed by atoms with E-state index < -0.39 is 0 Å². The Hall–Kier alpha value is -1.55. The monoisotopic (exact) mass is 278 g/mol. The SMILES string of the molecule is CCCOc1ccc(NC(=O)CCCCCCN)cc1. The van der Waals surface area contributed by atoms with Crippen LogP contribution in [0.5, 0.6) is 5.75 Å². The van der Waals surface area contributed by atoms with Gasteiger partial charge in [-0.2, -0.15) is 0 Å². The molecule has 1 aromatic carbocycles. The molecule has 0 atom stereocenters. The number of ether oxygens (including phenoxy) is 1. The van der Waals surface area contributed by atoms with Gasteiger partial charge < -0.3 is 15.8 Å². The van der Waals surface area contributed by atoms with Crippen molar-refractivity contribution in [3.63, 3.8) is 0 Å². The molecule has 0 bridgehead atoms. The summed E-state index contributed by atoms with van der Waals surface area (Å²) in [6.07, 6.45) is 5.69. The van der Waals surface area contributed by atoms with Crippen LogP contribution in [0.25, 0.3) is 0 Å². The second kappa shape index (κ2) is 10.3. The molecular formula is C16H26N2O2. The van der Waals surface area contributed by atoms with Crippen LogP contribution in [-0.4, -0.2) is 19.1 Å². The maximum atomic E-state index is 11.7. The predicted octanol–water partition coefficient (Wildman–Crippen LogP) is 3.32. The van der Waals surface area contributed by atoms with Crippen LogP contribution in [0.2, 0.25) is 0 Å². The molecule has 0 aliphatic heterocycles. The van der Waals surface area contributed by atoms with Crippen molar-refractivity contribution in [2.75, 3.05) is 18.5 Å². The number of nitrogens with one attached hydrogen (secondary N) is 1. The molecule has 1 amide bonds. The number of hydrogen-bond donors (Lipinski definition) is 2. The number of carbonyl (C=O) groups excluding carboxylic acids is 1. The molecule has 0 aromatic heterocycles. The molecule has 0 spiro atoms. The van der Waals surface area contributed by atoms with Crippen molar-refractivity contribution in [3.8, 4) is 5.75 Å². The maximum absolute atomic E-state index is 11.7. The van der Waals surface area contributed by atoms with Crippen molar-refractivity contribution >= 4 is 11.6 Å². The highest BCUT2D eigenvalue weighted by Crippen LogP contribution is 2.16. The molecule has 0 unspecified atom stereocenters. The number of hydrogen-bond acceptors (Lipinski definition) is 3. The van der Waals surface area contributed by atoms with Crippen molar-refractivity contribution in [2.24, 2.45) is 5.73 Å². The highest BCUT2D eigenvalue weighted by molar-refractivity contribution is 5.90. The van der Waals surface area contributed by atoms with Crippen LogP contribution in [0.15, 0.2) is 24.3 Å². The van der Waals surface area contributed by atoms with E-state index in [9.17, 15) is 4.79 Å². The van der Waals surface area contributed by atoms with Crippen LogP contribution in [0.3, 0.4) is 0 Å². The normalized spacial score (nSPS) is 10.3. The van der Waals surface area contributed by atoms with E-state index in [1.165, 1.54) is 0 Å². The lowest BCUT2D eigenvalue weighted by atomic mass is 10.1. The number of anilines is 1. The van der Waals surface area contributed by atoms with Gasteiger partial charge in [-0.3, -0.25) is 4.79 Å². The molecule has 0 heterocycles. The molecule has 0 aliphatic carbocycles. The maximum Gasteiger partial charge on any atom is 0.224 e. The number of nitrogens with two attached hydrogens (primary N) is 1. The summed E-state index contributed by atoms with van der Waals surface area (Å²) in [7, 11) is 0. The molecule has 0 saturated heterocycles. The Morgan fingerprint density at radius 2 is 1.85 bits per heavy atom. The summed E-state index contributed by atoms with van der Waals surface area (Å²) >= 11 is 0. The summed E-state index contributed by atoms with van der Waals surface area (Å²) in [5, 5.41) is 2.90. The Morgan fingerprint density at radius 1 is 1.15 bits per heavy atom. The summed E-state index contributed by atoms with van der Waals surface area (Å²) in [5.74, 6) is 0.909. The Bertz CT molecular complexity index is 377. The van der Waals surface area contributed by atoms with Crippen molar-refractivity contribution < 1.29 is 9.53 Å². The average Bonchev–Trinajstić information content (AvgIpc) is 2.46. The number of carbonyl (C=O) groups is 1. The number of amides is 1. The van der Waals surface area contributed by atoms with E-state index in [0.717, 1.165) is 50.1 Å². The Kier molecular flexibility index (Phi) is 8.47. The largest absolute Gasteiger partial charge is 0.494 e. The minimum absolute atomic E-state index is 0.0694. The van der Waals surface area contributed by atoms with Gasteiger partial charge in [0.1, 0.15) is 5.75 Å². The zero-order valence-electron chi connectivity index (χ0n) is 12.4. The number of benzene rings is 1. The van der Waals surface area contributed by atoms with E-state index in [-0.39, 0.29) is 5.91 Å². The molecule has 1 aromatic rings. The zero-order valence-corrected chi connectivity index (χ0v) is 12.4. The average molecular weight is 278 g/mol. The molecule has 112 valence electrons. The van der Waals surface area contributed by atoms with Crippen LogP contribution in [0, 0.1) is 0 Å². The lowest BCUT2D eigenvalue weighted by Crippen LogP contribution is -2.11. The minimum Gasteiger partial charge on any atom is -0.494 e. The van der Waals surface area contributed by atoms with Gasteiger partial charge in [-0.1, -0.05) is 19.8 Å². The van der Waals surface area contributed by atoms with Crippen molar-refractivity contribution in [2.45, 2.75) is 45.4 Å². The van der Waals surface area contributed by atoms with Gasteiger partial charge in [-0.05, 0) is 50.1 Å². The Labute approximate surface area is 121 Å². The first-order chi connectivity index (χ1) is 9.76. The van der Waals surface area contributed by atoms with E-state index in [1.54, 1.807) is 0 Å². The van der Waals surface area contributed by atoms with Gasteiger partial charge in [0.2, 0.25) is 5.91 Å². The molecule has 1 rings (SSSR count). The van der Waals surface area contributed by atoms with Crippen LogP contribution in [0.1, 0.15) is 45.4 Å². The molecule has 4 heteroatoms. The van der Waals surface area contributed by atoms with Gasteiger partial charge in [0.25, 0.3) is 0 Å². The van der Waals surface area contributed by atoms with Gasteiger partial charge in [0.05, 0.1) is 6.61 Å². The van der Waals surface area contributed by atoms with Gasteiger partial charge in [-0.15, -0.1) is 0 Å². The van der Waals surface area contributed by atoms with E-state index in [4.69, 9.17) is 10.5 Å². The first kappa shape index (κ1) is 16.5. The molecule has 3 N–H and O–H groups in total. The second-order valence-corrected chi connectivity index (χ2v) is 4.87. The predicted molar refractivity (Wildman–Crippen MR) is 83.0 cm³/mol. The molecule has 20 heavy (non-hydrogen) atoms. The van der Waals surface area contributed by atoms with Crippen LogP contribution >= 0.6 is 0 Å². The van der Waals surface area contributed by atoms with Gasteiger partial charge in [0, 0.05) is 12.1 Å². The Balaban J connectivity index is 2.24. The highest BCUT2D eigenvalue weighted by atomic mass is 16.5. The van der Waals surface area contributed by atoms with E-state index >= 15 is 0 Å². The Morgan fingerprint density at radius 3 is 2.50 bits per heavy atom. The summed E-state index contributed by atoms with van der Waals surface area (Å²) in [5.41, 5.74) is 6.25. The lowest BCUT2D eigenvalue weighted by Gasteiger charge is -2.07. The van der Waals surface area contributed by atoms with E-state index in [1.807, 2.05) is 24.3 Å². The summed E-state index contributed by atoms with van der Waals surface area (Å²) in [4.78, 5) is 11.7. The summed E-state index contributed by atoms with van der Waals surface area (Å²) in [6.45, 7) is 3.52. The van der Waals surface area contributed by atoms with Crippen molar-refractivity contribution in [1.29, 1.82) is 0 Å². The third-order valence-corrected chi connectivity index (χ3v) is 2.97. The molecular weight excluding hydrogens is 252 g/mol. The zero-order chi connectivity index (χ0) is 14.6. The summed E-state index contributed by atoms with van der Waals surface area (Å²) < 4.78 is 5.49. The topological polar surface area (TPSA) is 64.3 Å². The smallest absolute Gasteiger partial charge is 0.224 e. The van der Waals surface area contributed by atoms with Gasteiger partial charge in [0.15, 0.2) is 0 Å². The highest BCUT2D eigenvalue weighted by Gasteiger charge is 2.02. The van der Waals surface area contributed by atoms with Gasteiger partial charge >= 0.3 is 0 Å². The standard InChI is InChI=1S/C16H26N2O2/c1-2-13-20-15-10-8-14(9-11-15)18-16(19)7-5-3-4-6-12-17/h8-11H,2-7,12-13,17H2,1H3,(H,18,19). The van der Waals surface area contributed by atoms with Crippen LogP contribution < -0.4 is 15.8 Å². The van der Waals surface area contributed by atoms with Crippen molar-refractivity contribution in [1.82, 2.24) is 0 Å². The van der Waals surface area contributed by atoms with Crippen LogP contribution in [0.4, 0.5) is 5.69 Å². The summed E-state index contributed by atoms with van der Waals surface area (Å²) in [6, 6.07) is 7.51. The van der Waals surface area contributed by atoms with E-state index in [2.05, 4.69) is 12.2 Å². The fourth-order valence-corrected chi connectivity index (χ4v) is 1.86. The fourth-order valence-electron chi connectivity index (χ4n) is 1.86. The fraction of sp³-hybridized carbons (Fsp3) is 0.562. The first-order valence-electron chi connectivity index (χ1n) is 7.49. The van der Waals surface area contributed by atoms with Crippen LogP contribution in [-0.2, 0) is 4.79 Å².